The number of piperazine rings is 1. The SMILES string of the molecule is CC(=O)N1CCN(c2ccc(N/N=C(\C#N)C(=N)N)cc2C)CC1. The topological polar surface area (TPSA) is 122 Å². The highest BCUT2D eigenvalue weighted by Gasteiger charge is 2.19. The first-order valence-corrected chi connectivity index (χ1v) is 7.61. The van der Waals surface area contributed by atoms with Gasteiger partial charge in [-0.25, -0.2) is 0 Å². The fourth-order valence-electron chi connectivity index (χ4n) is 2.61. The molecule has 0 saturated carbocycles. The molecule has 0 radical (unpaired) electrons. The van der Waals surface area contributed by atoms with Crippen LogP contribution in [0.2, 0.25) is 0 Å². The van der Waals surface area contributed by atoms with Crippen LogP contribution in [0.1, 0.15) is 12.5 Å². The fraction of sp³-hybridized carbons (Fsp3) is 0.375. The highest BCUT2D eigenvalue weighted by Crippen LogP contribution is 2.24. The molecule has 0 aliphatic carbocycles. The van der Waals surface area contributed by atoms with Gasteiger partial charge in [0.25, 0.3) is 0 Å². The average Bonchev–Trinajstić information content (AvgIpc) is 2.55. The normalized spacial score (nSPS) is 15.0. The number of amides is 1. The molecule has 0 spiro atoms. The zero-order chi connectivity index (χ0) is 17.7. The standard InChI is InChI=1S/C16H21N7O/c1-11-9-13(20-21-14(10-17)16(18)19)3-4-15(11)23-7-5-22(6-8-23)12(2)24/h3-4,9,20H,5-8H2,1-2H3,(H3,18,19)/b21-14+. The summed E-state index contributed by atoms with van der Waals surface area (Å²) in [4.78, 5) is 15.5. The number of carbonyl (C=O) groups excluding carboxylic acids is 1. The zero-order valence-corrected chi connectivity index (χ0v) is 13.8. The third-order valence-corrected chi connectivity index (χ3v) is 3.92. The maximum atomic E-state index is 11.4. The molecule has 1 aromatic carbocycles. The number of nitrogens with two attached hydrogens (primary N) is 1. The molecule has 8 nitrogen and oxygen atoms in total. The Labute approximate surface area is 141 Å². The van der Waals surface area contributed by atoms with E-state index in [1.165, 1.54) is 0 Å². The molecule has 0 aromatic heterocycles. The number of rotatable bonds is 4. The van der Waals surface area contributed by atoms with E-state index in [2.05, 4.69) is 15.4 Å². The molecule has 0 unspecified atom stereocenters. The van der Waals surface area contributed by atoms with Crippen LogP contribution in [0.25, 0.3) is 0 Å². The molecule has 4 N–H and O–H groups in total. The van der Waals surface area contributed by atoms with Crippen molar-refractivity contribution in [2.75, 3.05) is 36.5 Å². The summed E-state index contributed by atoms with van der Waals surface area (Å²) in [7, 11) is 0. The molecule has 1 saturated heterocycles. The van der Waals surface area contributed by atoms with Crippen LogP contribution in [0.15, 0.2) is 23.3 Å². The van der Waals surface area contributed by atoms with Gasteiger partial charge in [-0.3, -0.25) is 15.6 Å². The predicted octanol–water partition coefficient (Wildman–Crippen LogP) is 0.891. The molecule has 0 atom stereocenters. The Hall–Kier alpha value is -3.08. The lowest BCUT2D eigenvalue weighted by molar-refractivity contribution is -0.129. The van der Waals surface area contributed by atoms with Crippen molar-refractivity contribution in [1.82, 2.24) is 4.90 Å². The number of hydrazone groups is 1. The van der Waals surface area contributed by atoms with Crippen molar-refractivity contribution in [2.45, 2.75) is 13.8 Å². The molecule has 1 fully saturated rings. The number of hydrogen-bond acceptors (Lipinski definition) is 6. The first-order valence-electron chi connectivity index (χ1n) is 7.61. The molecule has 1 aromatic rings. The minimum absolute atomic E-state index is 0.113. The smallest absolute Gasteiger partial charge is 0.219 e. The summed E-state index contributed by atoms with van der Waals surface area (Å²) in [5.41, 5.74) is 10.7. The molecule has 1 aliphatic heterocycles. The third kappa shape index (κ3) is 4.01. The summed E-state index contributed by atoms with van der Waals surface area (Å²) in [5.74, 6) is -0.260. The second-order valence-corrected chi connectivity index (χ2v) is 5.59. The van der Waals surface area contributed by atoms with Crippen LogP contribution in [-0.2, 0) is 4.79 Å². The van der Waals surface area contributed by atoms with Crippen LogP contribution >= 0.6 is 0 Å². The van der Waals surface area contributed by atoms with Crippen molar-refractivity contribution >= 4 is 28.8 Å². The number of aryl methyl sites for hydroxylation is 1. The van der Waals surface area contributed by atoms with Gasteiger partial charge in [0.15, 0.2) is 5.84 Å². The molecule has 1 amide bonds. The van der Waals surface area contributed by atoms with Gasteiger partial charge < -0.3 is 15.5 Å². The summed E-state index contributed by atoms with van der Waals surface area (Å²) in [6.07, 6.45) is 0. The van der Waals surface area contributed by atoms with Crippen LogP contribution in [0.5, 0.6) is 0 Å². The van der Waals surface area contributed by atoms with E-state index in [4.69, 9.17) is 16.4 Å². The van der Waals surface area contributed by atoms with Crippen LogP contribution in [0, 0.1) is 23.7 Å². The lowest BCUT2D eigenvalue weighted by atomic mass is 10.1. The van der Waals surface area contributed by atoms with E-state index >= 15 is 0 Å². The van der Waals surface area contributed by atoms with Crippen LogP contribution in [-0.4, -0.2) is 48.5 Å². The number of nitriles is 1. The lowest BCUT2D eigenvalue weighted by Crippen LogP contribution is -2.48. The minimum atomic E-state index is -0.373. The molecular weight excluding hydrogens is 306 g/mol. The van der Waals surface area contributed by atoms with E-state index < -0.39 is 0 Å². The first kappa shape index (κ1) is 17.3. The zero-order valence-electron chi connectivity index (χ0n) is 13.8. The minimum Gasteiger partial charge on any atom is -0.382 e. The number of hydrogen-bond donors (Lipinski definition) is 3. The van der Waals surface area contributed by atoms with Gasteiger partial charge in [0.1, 0.15) is 6.07 Å². The third-order valence-electron chi connectivity index (χ3n) is 3.92. The maximum absolute atomic E-state index is 11.4. The molecule has 1 aliphatic rings. The Morgan fingerprint density at radius 2 is 2.04 bits per heavy atom. The van der Waals surface area contributed by atoms with Crippen LogP contribution < -0.4 is 16.1 Å². The highest BCUT2D eigenvalue weighted by atomic mass is 16.2. The number of benzene rings is 1. The largest absolute Gasteiger partial charge is 0.382 e. The maximum Gasteiger partial charge on any atom is 0.219 e. The summed E-state index contributed by atoms with van der Waals surface area (Å²) >= 11 is 0. The highest BCUT2D eigenvalue weighted by molar-refractivity contribution is 6.45. The summed E-state index contributed by atoms with van der Waals surface area (Å²) in [5, 5.41) is 19.9. The van der Waals surface area contributed by atoms with E-state index in [0.29, 0.717) is 5.69 Å². The van der Waals surface area contributed by atoms with Gasteiger partial charge in [0, 0.05) is 38.8 Å². The Balaban J connectivity index is 2.07. The summed E-state index contributed by atoms with van der Waals surface area (Å²) < 4.78 is 0. The molecule has 8 heteroatoms. The number of anilines is 2. The van der Waals surface area contributed by atoms with Gasteiger partial charge in [0.2, 0.25) is 11.6 Å². The monoisotopic (exact) mass is 327 g/mol. The van der Waals surface area contributed by atoms with Gasteiger partial charge in [-0.2, -0.15) is 10.4 Å². The van der Waals surface area contributed by atoms with Gasteiger partial charge in [-0.05, 0) is 30.7 Å². The van der Waals surface area contributed by atoms with Crippen molar-refractivity contribution < 1.29 is 4.79 Å². The van der Waals surface area contributed by atoms with Crippen molar-refractivity contribution in [3.05, 3.63) is 23.8 Å². The Kier molecular flexibility index (Phi) is 5.37. The Morgan fingerprint density at radius 3 is 2.54 bits per heavy atom. The van der Waals surface area contributed by atoms with Crippen LogP contribution in [0.3, 0.4) is 0 Å². The van der Waals surface area contributed by atoms with Gasteiger partial charge >= 0.3 is 0 Å². The van der Waals surface area contributed by atoms with Gasteiger partial charge in [0.05, 0.1) is 5.69 Å². The van der Waals surface area contributed by atoms with Crippen molar-refractivity contribution in [3.8, 4) is 6.07 Å². The van der Waals surface area contributed by atoms with E-state index in [1.54, 1.807) is 13.0 Å². The molecule has 126 valence electrons. The van der Waals surface area contributed by atoms with E-state index in [0.717, 1.165) is 37.4 Å². The molecular formula is C16H21N7O. The first-order chi connectivity index (χ1) is 11.4. The molecule has 2 rings (SSSR count). The fourth-order valence-corrected chi connectivity index (χ4v) is 2.61. The van der Waals surface area contributed by atoms with Crippen molar-refractivity contribution in [1.29, 1.82) is 10.7 Å². The number of nitrogens with zero attached hydrogens (tertiary/aromatic N) is 4. The predicted molar refractivity (Wildman–Crippen MR) is 94.2 cm³/mol. The Bertz CT molecular complexity index is 712. The second-order valence-electron chi connectivity index (χ2n) is 5.59. The lowest BCUT2D eigenvalue weighted by Gasteiger charge is -2.36. The van der Waals surface area contributed by atoms with Gasteiger partial charge in [-0.1, -0.05) is 0 Å². The molecule has 0 bridgehead atoms. The quantitative estimate of drug-likeness (QED) is 0.431. The van der Waals surface area contributed by atoms with Crippen molar-refractivity contribution in [2.24, 2.45) is 10.8 Å². The average molecular weight is 327 g/mol. The number of nitrogens with one attached hydrogen (secondary N) is 2. The molecule has 24 heavy (non-hydrogen) atoms. The van der Waals surface area contributed by atoms with E-state index in [9.17, 15) is 4.79 Å². The molecule has 1 heterocycles. The second kappa shape index (κ2) is 7.46. The Morgan fingerprint density at radius 1 is 1.38 bits per heavy atom. The number of carbonyl (C=O) groups is 1. The summed E-state index contributed by atoms with van der Waals surface area (Å²) in [6, 6.07) is 7.52. The number of amidine groups is 1. The van der Waals surface area contributed by atoms with Crippen LogP contribution in [0.4, 0.5) is 11.4 Å². The van der Waals surface area contributed by atoms with E-state index in [-0.39, 0.29) is 17.5 Å². The van der Waals surface area contributed by atoms with E-state index in [1.807, 2.05) is 30.0 Å². The van der Waals surface area contributed by atoms with Crippen molar-refractivity contribution in [3.63, 3.8) is 0 Å². The van der Waals surface area contributed by atoms with Gasteiger partial charge in [-0.15, -0.1) is 0 Å². The summed E-state index contributed by atoms with van der Waals surface area (Å²) in [6.45, 7) is 6.64.